The van der Waals surface area contributed by atoms with Crippen LogP contribution in [0, 0.1) is 6.92 Å². The zero-order valence-corrected chi connectivity index (χ0v) is 24.1. The maximum absolute atomic E-state index is 13.0. The topological polar surface area (TPSA) is 39.1 Å². The van der Waals surface area contributed by atoms with Crippen molar-refractivity contribution in [1.29, 1.82) is 0 Å². The van der Waals surface area contributed by atoms with Gasteiger partial charge in [0.2, 0.25) is 0 Å². The summed E-state index contributed by atoms with van der Waals surface area (Å²) in [4.78, 5) is 23.5. The van der Waals surface area contributed by atoms with Crippen molar-refractivity contribution in [3.63, 3.8) is 0 Å². The van der Waals surface area contributed by atoms with Gasteiger partial charge >= 0.3 is 12.4 Å². The third-order valence-corrected chi connectivity index (χ3v) is 7.88. The molecular weight excluding hydrogens is 604 g/mol. The van der Waals surface area contributed by atoms with E-state index >= 15 is 0 Å². The van der Waals surface area contributed by atoms with Gasteiger partial charge in [0, 0.05) is 23.0 Å². The van der Waals surface area contributed by atoms with Crippen LogP contribution in [-0.2, 0) is 0 Å². The first-order valence-corrected chi connectivity index (χ1v) is 14.1. The highest BCUT2D eigenvalue weighted by Crippen LogP contribution is 2.37. The second-order valence-electron chi connectivity index (χ2n) is 10.8. The molecule has 46 heavy (non-hydrogen) atoms. The van der Waals surface area contributed by atoms with Crippen molar-refractivity contribution in [2.24, 2.45) is 0 Å². The maximum Gasteiger partial charge on any atom is 0.454 e. The lowest BCUT2D eigenvalue weighted by Crippen LogP contribution is -2.22. The van der Waals surface area contributed by atoms with Gasteiger partial charge in [-0.2, -0.15) is 26.3 Å². The van der Waals surface area contributed by atoms with Crippen LogP contribution in [-0.4, -0.2) is 28.5 Å². The number of aromatic nitrogens is 1. The van der Waals surface area contributed by atoms with E-state index in [4.69, 9.17) is 0 Å². The van der Waals surface area contributed by atoms with Crippen LogP contribution in [0.3, 0.4) is 0 Å². The standard InChI is InChI=1S/C37H23F6NO2/c1-22-31(6-4-8-32(22)44-18-17-25-5-2-3-7-33(25)44)30-20-28(23-9-13-26(14-10-23)34(45)36(38,39)40)19-29(21-30)24-11-15-27(16-12-24)35(46)37(41,42)43/h2-21H,1H3. The highest BCUT2D eigenvalue weighted by Gasteiger charge is 2.40. The number of para-hydroxylation sites is 1. The van der Waals surface area contributed by atoms with Gasteiger partial charge in [-0.1, -0.05) is 78.9 Å². The Hall–Kier alpha value is -5.44. The number of ketones is 2. The zero-order chi connectivity index (χ0) is 32.8. The number of hydrogen-bond donors (Lipinski definition) is 0. The van der Waals surface area contributed by atoms with E-state index in [2.05, 4.69) is 4.57 Å². The average molecular weight is 628 g/mol. The molecule has 0 aliphatic carbocycles. The number of rotatable bonds is 6. The minimum absolute atomic E-state index is 0.500. The highest BCUT2D eigenvalue weighted by atomic mass is 19.4. The van der Waals surface area contributed by atoms with Gasteiger partial charge in [0.05, 0.1) is 5.52 Å². The van der Waals surface area contributed by atoms with Crippen molar-refractivity contribution < 1.29 is 35.9 Å². The summed E-state index contributed by atoms with van der Waals surface area (Å²) in [5, 5.41) is 1.07. The molecule has 230 valence electrons. The number of carbonyl (C=O) groups is 2. The molecule has 6 rings (SSSR count). The molecule has 0 bridgehead atoms. The van der Waals surface area contributed by atoms with E-state index in [0.29, 0.717) is 22.3 Å². The molecule has 6 aromatic rings. The molecule has 0 aliphatic rings. The number of Topliss-reactive ketones (excluding diaryl/α,β-unsaturated/α-hetero) is 2. The fourth-order valence-corrected chi connectivity index (χ4v) is 5.56. The number of hydrogen-bond acceptors (Lipinski definition) is 2. The molecule has 0 spiro atoms. The number of fused-ring (bicyclic) bond motifs is 1. The second-order valence-corrected chi connectivity index (χ2v) is 10.8. The van der Waals surface area contributed by atoms with Crippen molar-refractivity contribution in [3.8, 4) is 39.1 Å². The van der Waals surface area contributed by atoms with Gasteiger partial charge in [0.1, 0.15) is 0 Å². The summed E-state index contributed by atoms with van der Waals surface area (Å²) >= 11 is 0. The Kier molecular flexibility index (Phi) is 7.64. The first-order valence-electron chi connectivity index (χ1n) is 14.1. The summed E-state index contributed by atoms with van der Waals surface area (Å²) < 4.78 is 80.1. The molecule has 3 nitrogen and oxygen atoms in total. The number of carbonyl (C=O) groups excluding carboxylic acids is 2. The van der Waals surface area contributed by atoms with Crippen molar-refractivity contribution in [2.75, 3.05) is 0 Å². The average Bonchev–Trinajstić information content (AvgIpc) is 3.47. The third kappa shape index (κ3) is 5.83. The normalized spacial score (nSPS) is 12.0. The number of benzene rings is 5. The molecule has 0 amide bonds. The van der Waals surface area contributed by atoms with E-state index in [9.17, 15) is 35.9 Å². The molecule has 0 fully saturated rings. The van der Waals surface area contributed by atoms with Crippen LogP contribution in [0.4, 0.5) is 26.3 Å². The molecule has 0 aliphatic heterocycles. The lowest BCUT2D eigenvalue weighted by atomic mass is 9.90. The van der Waals surface area contributed by atoms with Crippen LogP contribution in [0.25, 0.3) is 50.0 Å². The minimum atomic E-state index is -5.01. The third-order valence-electron chi connectivity index (χ3n) is 7.88. The predicted molar refractivity (Wildman–Crippen MR) is 165 cm³/mol. The lowest BCUT2D eigenvalue weighted by molar-refractivity contribution is -0.0888. The van der Waals surface area contributed by atoms with Gasteiger partial charge in [-0.05, 0) is 87.7 Å². The molecule has 0 saturated carbocycles. The van der Waals surface area contributed by atoms with E-state index in [1.54, 1.807) is 6.07 Å². The van der Waals surface area contributed by atoms with Gasteiger partial charge in [-0.3, -0.25) is 9.59 Å². The van der Waals surface area contributed by atoms with Gasteiger partial charge < -0.3 is 4.57 Å². The van der Waals surface area contributed by atoms with Crippen LogP contribution in [0.15, 0.2) is 121 Å². The van der Waals surface area contributed by atoms with Crippen LogP contribution in [0.2, 0.25) is 0 Å². The van der Waals surface area contributed by atoms with E-state index in [-0.39, 0.29) is 0 Å². The molecular formula is C37H23F6NO2. The first kappa shape index (κ1) is 30.6. The molecule has 0 saturated heterocycles. The fourth-order valence-electron chi connectivity index (χ4n) is 5.56. The Labute approximate surface area is 259 Å². The summed E-state index contributed by atoms with van der Waals surface area (Å²) in [7, 11) is 0. The number of nitrogens with zero attached hydrogens (tertiary/aromatic N) is 1. The molecule has 0 radical (unpaired) electrons. The second kappa shape index (κ2) is 11.5. The van der Waals surface area contributed by atoms with E-state index in [1.807, 2.05) is 73.8 Å². The SMILES string of the molecule is Cc1c(-c2cc(-c3ccc(C(=O)C(F)(F)F)cc3)cc(-c3ccc(C(=O)C(F)(F)F)cc3)c2)cccc1-n1ccc2ccccc21. The zero-order valence-electron chi connectivity index (χ0n) is 24.1. The van der Waals surface area contributed by atoms with E-state index in [0.717, 1.165) is 57.5 Å². The molecule has 1 heterocycles. The van der Waals surface area contributed by atoms with Gasteiger partial charge in [0.15, 0.2) is 0 Å². The molecule has 0 unspecified atom stereocenters. The number of halogens is 6. The maximum atomic E-state index is 13.0. The molecule has 9 heteroatoms. The lowest BCUT2D eigenvalue weighted by Gasteiger charge is -2.16. The highest BCUT2D eigenvalue weighted by molar-refractivity contribution is 6.01. The van der Waals surface area contributed by atoms with Crippen molar-refractivity contribution in [2.45, 2.75) is 19.3 Å². The van der Waals surface area contributed by atoms with E-state index in [1.165, 1.54) is 24.3 Å². The Bertz CT molecular complexity index is 2020. The Morgan fingerprint density at radius 1 is 0.543 bits per heavy atom. The monoisotopic (exact) mass is 627 g/mol. The van der Waals surface area contributed by atoms with Crippen LogP contribution in [0.1, 0.15) is 26.3 Å². The fraction of sp³-hybridized carbons (Fsp3) is 0.0811. The summed E-state index contributed by atoms with van der Waals surface area (Å²) in [6.45, 7) is 1.97. The molecule has 1 aromatic heterocycles. The van der Waals surface area contributed by atoms with Crippen LogP contribution >= 0.6 is 0 Å². The predicted octanol–water partition coefficient (Wildman–Crippen LogP) is 10.4. The summed E-state index contributed by atoms with van der Waals surface area (Å²) in [6, 6.07) is 31.4. The molecule has 5 aromatic carbocycles. The smallest absolute Gasteiger partial charge is 0.316 e. The van der Waals surface area contributed by atoms with Crippen molar-refractivity contribution in [3.05, 3.63) is 138 Å². The van der Waals surface area contributed by atoms with Gasteiger partial charge in [-0.25, -0.2) is 0 Å². The Morgan fingerprint density at radius 3 is 1.57 bits per heavy atom. The van der Waals surface area contributed by atoms with Crippen molar-refractivity contribution >= 4 is 22.5 Å². The molecule has 0 atom stereocenters. The summed E-state index contributed by atoms with van der Waals surface area (Å²) in [5.41, 5.74) is 5.72. The quantitative estimate of drug-likeness (QED) is 0.136. The van der Waals surface area contributed by atoms with E-state index < -0.39 is 35.0 Å². The van der Waals surface area contributed by atoms with Gasteiger partial charge in [0.25, 0.3) is 11.6 Å². The van der Waals surface area contributed by atoms with Crippen LogP contribution < -0.4 is 0 Å². The van der Waals surface area contributed by atoms with Gasteiger partial charge in [-0.15, -0.1) is 0 Å². The minimum Gasteiger partial charge on any atom is -0.316 e. The van der Waals surface area contributed by atoms with Crippen LogP contribution in [0.5, 0.6) is 0 Å². The first-order chi connectivity index (χ1) is 21.8. The summed E-state index contributed by atoms with van der Waals surface area (Å²) in [5.74, 6) is -3.90. The Balaban J connectivity index is 1.49. The molecule has 0 N–H and O–H groups in total. The van der Waals surface area contributed by atoms with Crippen molar-refractivity contribution in [1.82, 2.24) is 4.57 Å². The Morgan fingerprint density at radius 2 is 1.04 bits per heavy atom. The summed E-state index contributed by atoms with van der Waals surface area (Å²) in [6.07, 6.45) is -8.05. The largest absolute Gasteiger partial charge is 0.454 e. The number of alkyl halides is 6.